The van der Waals surface area contributed by atoms with Crippen LogP contribution in [-0.4, -0.2) is 36.5 Å². The molecule has 1 amide bonds. The van der Waals surface area contributed by atoms with Crippen LogP contribution in [0.4, 0.5) is 5.82 Å². The third-order valence-corrected chi connectivity index (χ3v) is 6.65. The van der Waals surface area contributed by atoms with Crippen LogP contribution < -0.4 is 11.1 Å². The van der Waals surface area contributed by atoms with Gasteiger partial charge in [0.25, 0.3) is 5.91 Å². The number of hydrogen-bond acceptors (Lipinski definition) is 7. The molecule has 0 fully saturated rings. The minimum absolute atomic E-state index is 0.0699. The third kappa shape index (κ3) is 4.73. The second-order valence-corrected chi connectivity index (χ2v) is 9.25. The Labute approximate surface area is 228 Å². The summed E-state index contributed by atoms with van der Waals surface area (Å²) in [5, 5.41) is 12.2. The molecule has 0 spiro atoms. The number of fused-ring (bicyclic) bond motifs is 1. The smallest absolute Gasteiger partial charge is 0.370 e. The van der Waals surface area contributed by atoms with E-state index in [1.807, 2.05) is 59.2 Å². The van der Waals surface area contributed by atoms with Gasteiger partial charge in [0.05, 0.1) is 5.56 Å². The Morgan fingerprint density at radius 3 is 2.58 bits per heavy atom. The number of carbonyl (C=O) groups is 2. The highest BCUT2D eigenvalue weighted by molar-refractivity contribution is 5.94. The predicted octanol–water partition coefficient (Wildman–Crippen LogP) is 4.42. The topological polar surface area (TPSA) is 145 Å². The molecule has 40 heavy (non-hydrogen) atoms. The van der Waals surface area contributed by atoms with Crippen molar-refractivity contribution in [2.75, 3.05) is 5.73 Å². The fourth-order valence-electron chi connectivity index (χ4n) is 4.63. The fourth-order valence-corrected chi connectivity index (χ4v) is 4.63. The molecule has 0 saturated heterocycles. The minimum atomic E-state index is -1.10. The number of benzene rings is 2. The second-order valence-electron chi connectivity index (χ2n) is 9.25. The van der Waals surface area contributed by atoms with E-state index in [0.29, 0.717) is 46.9 Å². The molecule has 0 radical (unpaired) electrons. The van der Waals surface area contributed by atoms with Crippen LogP contribution in [0.15, 0.2) is 97.0 Å². The van der Waals surface area contributed by atoms with E-state index < -0.39 is 12.1 Å². The quantitative estimate of drug-likeness (QED) is 0.279. The van der Waals surface area contributed by atoms with Crippen molar-refractivity contribution in [2.45, 2.75) is 19.1 Å². The van der Waals surface area contributed by atoms with Gasteiger partial charge in [0, 0.05) is 42.2 Å². The Kier molecular flexibility index (Phi) is 6.41. The van der Waals surface area contributed by atoms with E-state index in [-0.39, 0.29) is 11.7 Å². The molecule has 1 aliphatic rings. The zero-order valence-corrected chi connectivity index (χ0v) is 21.2. The first-order valence-electron chi connectivity index (χ1n) is 12.6. The fraction of sp³-hybridized carbons (Fsp3) is 0.100. The molecule has 10 heteroatoms. The highest BCUT2D eigenvalue weighted by Gasteiger charge is 2.26. The molecule has 198 valence electrons. The zero-order chi connectivity index (χ0) is 27.6. The zero-order valence-electron chi connectivity index (χ0n) is 21.2. The van der Waals surface area contributed by atoms with Gasteiger partial charge in [-0.1, -0.05) is 30.3 Å². The average Bonchev–Trinajstić information content (AvgIpc) is 3.62. The predicted molar refractivity (Wildman–Crippen MR) is 148 cm³/mol. The maximum atomic E-state index is 12.4. The van der Waals surface area contributed by atoms with Gasteiger partial charge >= 0.3 is 5.97 Å². The molecule has 3 aromatic heterocycles. The number of carboxylic acid groups (broad SMARTS) is 1. The monoisotopic (exact) mass is 532 g/mol. The summed E-state index contributed by atoms with van der Waals surface area (Å²) in [6.45, 7) is 0.371. The summed E-state index contributed by atoms with van der Waals surface area (Å²) in [7, 11) is 0. The lowest BCUT2D eigenvalue weighted by molar-refractivity contribution is -0.137. The van der Waals surface area contributed by atoms with Crippen molar-refractivity contribution >= 4 is 28.9 Å². The lowest BCUT2D eigenvalue weighted by Gasteiger charge is -2.13. The maximum absolute atomic E-state index is 12.4. The van der Waals surface area contributed by atoms with Gasteiger partial charge in [-0.2, -0.15) is 0 Å². The first-order chi connectivity index (χ1) is 19.5. The number of ether oxygens (including phenoxy) is 1. The Balaban J connectivity index is 1.33. The summed E-state index contributed by atoms with van der Waals surface area (Å²) in [6, 6.07) is 22.3. The number of carboxylic acids is 1. The molecule has 4 heterocycles. The number of aromatic nitrogens is 4. The standard InChI is InChI=1S/C30H24N6O4/c31-26-22(7-4-14-32-26)27-35-23-15-20(24-12-13-25(40-24)30(38)39)17-33-28(23)36(27)21-10-8-18(9-11-21)16-34-29(37)19-5-2-1-3-6-19/h1-11,13-15,17,24H,12,16H2,(H2,31,32)(H,34,37)(H,38,39). The van der Waals surface area contributed by atoms with Crippen LogP contribution >= 0.6 is 0 Å². The lowest BCUT2D eigenvalue weighted by Crippen LogP contribution is -2.22. The average molecular weight is 533 g/mol. The number of hydrogen-bond donors (Lipinski definition) is 3. The second kappa shape index (κ2) is 10.3. The normalized spacial score (nSPS) is 14.5. The van der Waals surface area contributed by atoms with Crippen LogP contribution in [0.2, 0.25) is 0 Å². The molecule has 0 aliphatic carbocycles. The molecule has 0 saturated carbocycles. The van der Waals surface area contributed by atoms with Crippen molar-refractivity contribution in [3.8, 4) is 17.1 Å². The van der Waals surface area contributed by atoms with Gasteiger partial charge in [-0.15, -0.1) is 0 Å². The number of nitrogens with zero attached hydrogens (tertiary/aromatic N) is 4. The number of rotatable bonds is 7. The molecule has 5 aromatic rings. The molecular weight excluding hydrogens is 508 g/mol. The van der Waals surface area contributed by atoms with Crippen molar-refractivity contribution in [1.82, 2.24) is 24.8 Å². The van der Waals surface area contributed by atoms with Crippen molar-refractivity contribution in [3.63, 3.8) is 0 Å². The van der Waals surface area contributed by atoms with Gasteiger partial charge in [-0.25, -0.2) is 19.7 Å². The van der Waals surface area contributed by atoms with Gasteiger partial charge in [-0.3, -0.25) is 9.36 Å². The number of pyridine rings is 2. The van der Waals surface area contributed by atoms with Gasteiger partial charge in [0.1, 0.15) is 17.4 Å². The molecular formula is C30H24N6O4. The number of amides is 1. The van der Waals surface area contributed by atoms with Gasteiger partial charge in [-0.05, 0) is 54.1 Å². The number of imidazole rings is 1. The van der Waals surface area contributed by atoms with Gasteiger partial charge < -0.3 is 20.9 Å². The maximum Gasteiger partial charge on any atom is 0.370 e. The van der Waals surface area contributed by atoms with Gasteiger partial charge in [0.2, 0.25) is 5.76 Å². The summed E-state index contributed by atoms with van der Waals surface area (Å²) in [5.41, 5.74) is 11.1. The number of nitrogens with two attached hydrogens (primary N) is 1. The van der Waals surface area contributed by atoms with E-state index in [0.717, 1.165) is 16.8 Å². The van der Waals surface area contributed by atoms with E-state index >= 15 is 0 Å². The van der Waals surface area contributed by atoms with Crippen LogP contribution in [0.3, 0.4) is 0 Å². The molecule has 2 aromatic carbocycles. The van der Waals surface area contributed by atoms with Crippen LogP contribution in [0.25, 0.3) is 28.2 Å². The number of aliphatic carboxylic acids is 1. The SMILES string of the molecule is Nc1ncccc1-c1nc2cc(C3CC=C(C(=O)O)O3)cnc2n1-c1ccc(CNC(=O)c2ccccc2)cc1. The van der Waals surface area contributed by atoms with E-state index in [9.17, 15) is 14.7 Å². The largest absolute Gasteiger partial charge is 0.478 e. The highest BCUT2D eigenvalue weighted by atomic mass is 16.5. The van der Waals surface area contributed by atoms with E-state index in [4.69, 9.17) is 20.4 Å². The molecule has 1 aliphatic heterocycles. The van der Waals surface area contributed by atoms with E-state index in [1.54, 1.807) is 36.7 Å². The van der Waals surface area contributed by atoms with Crippen molar-refractivity contribution in [3.05, 3.63) is 114 Å². The minimum Gasteiger partial charge on any atom is -0.478 e. The van der Waals surface area contributed by atoms with Crippen molar-refractivity contribution < 1.29 is 19.4 Å². The number of carbonyl (C=O) groups excluding carboxylic acids is 1. The lowest BCUT2D eigenvalue weighted by atomic mass is 10.1. The summed E-state index contributed by atoms with van der Waals surface area (Å²) >= 11 is 0. The van der Waals surface area contributed by atoms with Gasteiger partial charge in [0.15, 0.2) is 11.5 Å². The molecule has 1 atom stereocenters. The third-order valence-electron chi connectivity index (χ3n) is 6.65. The number of anilines is 1. The Morgan fingerprint density at radius 1 is 1.05 bits per heavy atom. The first-order valence-corrected chi connectivity index (χ1v) is 12.6. The molecule has 1 unspecified atom stereocenters. The van der Waals surface area contributed by atoms with E-state index in [1.165, 1.54) is 0 Å². The van der Waals surface area contributed by atoms with E-state index in [2.05, 4.69) is 10.3 Å². The molecule has 0 bridgehead atoms. The molecule has 6 rings (SSSR count). The van der Waals surface area contributed by atoms with Crippen LogP contribution in [-0.2, 0) is 16.1 Å². The summed E-state index contributed by atoms with van der Waals surface area (Å²) in [4.78, 5) is 37.5. The first kappa shape index (κ1) is 24.8. The summed E-state index contributed by atoms with van der Waals surface area (Å²) < 4.78 is 7.49. The Morgan fingerprint density at radius 2 is 1.85 bits per heavy atom. The number of nitrogen functional groups attached to an aromatic ring is 1. The Bertz CT molecular complexity index is 1760. The summed E-state index contributed by atoms with van der Waals surface area (Å²) in [5.74, 6) is -0.421. The molecule has 10 nitrogen and oxygen atoms in total. The highest BCUT2D eigenvalue weighted by Crippen LogP contribution is 2.34. The van der Waals surface area contributed by atoms with Crippen LogP contribution in [0, 0.1) is 0 Å². The van der Waals surface area contributed by atoms with Crippen molar-refractivity contribution in [1.29, 1.82) is 0 Å². The molecule has 4 N–H and O–H groups in total. The number of nitrogens with one attached hydrogen (secondary N) is 1. The summed E-state index contributed by atoms with van der Waals surface area (Å²) in [6.07, 6.45) is 4.82. The van der Waals surface area contributed by atoms with Crippen LogP contribution in [0.5, 0.6) is 0 Å². The van der Waals surface area contributed by atoms with Crippen LogP contribution in [0.1, 0.15) is 34.0 Å². The Hall–Kier alpha value is -5.51. The van der Waals surface area contributed by atoms with Crippen molar-refractivity contribution in [2.24, 2.45) is 0 Å².